The van der Waals surface area contributed by atoms with E-state index in [9.17, 15) is 8.42 Å². The second-order valence-electron chi connectivity index (χ2n) is 5.39. The molecule has 2 aromatic heterocycles. The second kappa shape index (κ2) is 6.15. The van der Waals surface area contributed by atoms with Crippen molar-refractivity contribution < 1.29 is 8.42 Å². The lowest BCUT2D eigenvalue weighted by Crippen LogP contribution is -2.34. The first kappa shape index (κ1) is 15.1. The van der Waals surface area contributed by atoms with E-state index in [2.05, 4.69) is 19.6 Å². The molecule has 0 saturated carbocycles. The summed E-state index contributed by atoms with van der Waals surface area (Å²) < 4.78 is 27.9. The SMILES string of the molecule is CNS(=O)(=O)C1CCN(Cc2ccc(-n3ccnc3)nc2)C1. The number of hydrogen-bond donors (Lipinski definition) is 1. The van der Waals surface area contributed by atoms with Crippen LogP contribution in [0.2, 0.25) is 0 Å². The monoisotopic (exact) mass is 321 g/mol. The highest BCUT2D eigenvalue weighted by Crippen LogP contribution is 2.18. The van der Waals surface area contributed by atoms with Crippen LogP contribution in [0.3, 0.4) is 0 Å². The van der Waals surface area contributed by atoms with E-state index in [1.165, 1.54) is 7.05 Å². The van der Waals surface area contributed by atoms with E-state index in [1.807, 2.05) is 29.1 Å². The average molecular weight is 321 g/mol. The van der Waals surface area contributed by atoms with Crippen LogP contribution < -0.4 is 4.72 Å². The van der Waals surface area contributed by atoms with Crippen molar-refractivity contribution in [1.29, 1.82) is 0 Å². The Morgan fingerprint density at radius 2 is 2.27 bits per heavy atom. The van der Waals surface area contributed by atoms with Crippen molar-refractivity contribution in [3.8, 4) is 5.82 Å². The van der Waals surface area contributed by atoms with Gasteiger partial charge in [-0.3, -0.25) is 9.47 Å². The van der Waals surface area contributed by atoms with Crippen molar-refractivity contribution in [2.24, 2.45) is 0 Å². The van der Waals surface area contributed by atoms with E-state index in [4.69, 9.17) is 0 Å². The number of nitrogens with one attached hydrogen (secondary N) is 1. The van der Waals surface area contributed by atoms with Crippen LogP contribution in [0.5, 0.6) is 0 Å². The Hall–Kier alpha value is -1.77. The molecule has 1 N–H and O–H groups in total. The number of aromatic nitrogens is 3. The highest BCUT2D eigenvalue weighted by Gasteiger charge is 2.31. The largest absolute Gasteiger partial charge is 0.298 e. The highest BCUT2D eigenvalue weighted by atomic mass is 32.2. The summed E-state index contributed by atoms with van der Waals surface area (Å²) in [6, 6.07) is 3.96. The van der Waals surface area contributed by atoms with Crippen LogP contribution in [0.25, 0.3) is 5.82 Å². The van der Waals surface area contributed by atoms with Crippen molar-refractivity contribution in [1.82, 2.24) is 24.2 Å². The molecule has 0 amide bonds. The maximum absolute atomic E-state index is 11.8. The van der Waals surface area contributed by atoms with Gasteiger partial charge in [-0.1, -0.05) is 6.07 Å². The van der Waals surface area contributed by atoms with E-state index in [1.54, 1.807) is 12.5 Å². The van der Waals surface area contributed by atoms with Gasteiger partial charge >= 0.3 is 0 Å². The molecule has 1 aliphatic rings. The number of sulfonamides is 1. The lowest BCUT2D eigenvalue weighted by molar-refractivity contribution is 0.331. The zero-order valence-electron chi connectivity index (χ0n) is 12.4. The van der Waals surface area contributed by atoms with Crippen molar-refractivity contribution >= 4 is 10.0 Å². The van der Waals surface area contributed by atoms with Gasteiger partial charge in [0.15, 0.2) is 0 Å². The lowest BCUT2D eigenvalue weighted by atomic mass is 10.2. The molecule has 1 saturated heterocycles. The van der Waals surface area contributed by atoms with Crippen LogP contribution in [0.15, 0.2) is 37.1 Å². The topological polar surface area (TPSA) is 80.1 Å². The van der Waals surface area contributed by atoms with Crippen LogP contribution >= 0.6 is 0 Å². The molecule has 1 atom stereocenters. The molecule has 7 nitrogen and oxygen atoms in total. The molecule has 3 heterocycles. The molecular formula is C14H19N5O2S. The normalized spacial score (nSPS) is 19.6. The predicted octanol–water partition coefficient (Wildman–Crippen LogP) is 0.391. The molecule has 0 aromatic carbocycles. The zero-order valence-corrected chi connectivity index (χ0v) is 13.2. The van der Waals surface area contributed by atoms with Gasteiger partial charge in [-0.2, -0.15) is 0 Å². The van der Waals surface area contributed by atoms with Gasteiger partial charge < -0.3 is 0 Å². The average Bonchev–Trinajstić information content (AvgIpc) is 3.19. The maximum atomic E-state index is 11.8. The molecule has 8 heteroatoms. The van der Waals surface area contributed by atoms with Gasteiger partial charge in [-0.25, -0.2) is 23.1 Å². The Bertz CT molecular complexity index is 712. The number of likely N-dealkylation sites (tertiary alicyclic amines) is 1. The summed E-state index contributed by atoms with van der Waals surface area (Å²) >= 11 is 0. The molecule has 3 rings (SSSR count). The van der Waals surface area contributed by atoms with Gasteiger partial charge in [-0.05, 0) is 31.6 Å². The van der Waals surface area contributed by atoms with Crippen molar-refractivity contribution in [2.45, 2.75) is 18.2 Å². The number of hydrogen-bond acceptors (Lipinski definition) is 5. The Morgan fingerprint density at radius 3 is 2.91 bits per heavy atom. The summed E-state index contributed by atoms with van der Waals surface area (Å²) in [7, 11) is -1.71. The first-order valence-corrected chi connectivity index (χ1v) is 8.71. The molecule has 0 spiro atoms. The molecule has 0 aliphatic carbocycles. The summed E-state index contributed by atoms with van der Waals surface area (Å²) in [6.07, 6.45) is 7.76. The molecule has 1 unspecified atom stereocenters. The van der Waals surface area contributed by atoms with Gasteiger partial charge in [-0.15, -0.1) is 0 Å². The number of nitrogens with zero attached hydrogens (tertiary/aromatic N) is 4. The fraction of sp³-hybridized carbons (Fsp3) is 0.429. The van der Waals surface area contributed by atoms with Crippen molar-refractivity contribution in [2.75, 3.05) is 20.1 Å². The summed E-state index contributed by atoms with van der Waals surface area (Å²) in [6.45, 7) is 2.06. The van der Waals surface area contributed by atoms with Crippen molar-refractivity contribution in [3.63, 3.8) is 0 Å². The van der Waals surface area contributed by atoms with Gasteiger partial charge in [0, 0.05) is 31.7 Å². The number of pyridine rings is 1. The molecule has 0 bridgehead atoms. The fourth-order valence-corrected chi connectivity index (χ4v) is 3.83. The molecule has 1 aliphatic heterocycles. The Kier molecular flexibility index (Phi) is 4.23. The minimum Gasteiger partial charge on any atom is -0.298 e. The Labute approximate surface area is 130 Å². The summed E-state index contributed by atoms with van der Waals surface area (Å²) in [5.41, 5.74) is 1.08. The van der Waals surface area contributed by atoms with Crippen LogP contribution in [-0.2, 0) is 16.6 Å². The third kappa shape index (κ3) is 3.18. The summed E-state index contributed by atoms with van der Waals surface area (Å²) in [4.78, 5) is 10.6. The summed E-state index contributed by atoms with van der Waals surface area (Å²) in [5, 5.41) is -0.323. The highest BCUT2D eigenvalue weighted by molar-refractivity contribution is 7.90. The molecule has 22 heavy (non-hydrogen) atoms. The molecule has 118 valence electrons. The van der Waals surface area contributed by atoms with Crippen molar-refractivity contribution in [3.05, 3.63) is 42.6 Å². The van der Waals surface area contributed by atoms with Crippen LogP contribution in [-0.4, -0.2) is 53.2 Å². The van der Waals surface area contributed by atoms with E-state index >= 15 is 0 Å². The number of rotatable bonds is 5. The minimum atomic E-state index is -3.18. The third-order valence-electron chi connectivity index (χ3n) is 3.94. The van der Waals surface area contributed by atoms with Crippen LogP contribution in [0.4, 0.5) is 0 Å². The smallest absolute Gasteiger partial charge is 0.215 e. The quantitative estimate of drug-likeness (QED) is 0.862. The Morgan fingerprint density at radius 1 is 1.41 bits per heavy atom. The minimum absolute atomic E-state index is 0.323. The van der Waals surface area contributed by atoms with Gasteiger partial charge in [0.2, 0.25) is 10.0 Å². The van der Waals surface area contributed by atoms with Gasteiger partial charge in [0.1, 0.15) is 12.1 Å². The van der Waals surface area contributed by atoms with E-state index in [-0.39, 0.29) is 5.25 Å². The van der Waals surface area contributed by atoms with E-state index < -0.39 is 10.0 Å². The molecule has 2 aromatic rings. The zero-order chi connectivity index (χ0) is 15.6. The first-order valence-electron chi connectivity index (χ1n) is 7.16. The number of imidazole rings is 1. The second-order valence-corrected chi connectivity index (χ2v) is 7.55. The maximum Gasteiger partial charge on any atom is 0.215 e. The predicted molar refractivity (Wildman–Crippen MR) is 83.0 cm³/mol. The molecule has 1 fully saturated rings. The van der Waals surface area contributed by atoms with Crippen LogP contribution in [0.1, 0.15) is 12.0 Å². The van der Waals surface area contributed by atoms with Crippen LogP contribution in [0, 0.1) is 0 Å². The fourth-order valence-electron chi connectivity index (χ4n) is 2.68. The Balaban J connectivity index is 1.63. The van der Waals surface area contributed by atoms with E-state index in [0.29, 0.717) is 19.5 Å². The summed E-state index contributed by atoms with van der Waals surface area (Å²) in [5.74, 6) is 0.818. The van der Waals surface area contributed by atoms with Gasteiger partial charge in [0.05, 0.1) is 5.25 Å². The molecular weight excluding hydrogens is 302 g/mol. The third-order valence-corrected chi connectivity index (χ3v) is 5.77. The first-order chi connectivity index (χ1) is 10.6. The van der Waals surface area contributed by atoms with E-state index in [0.717, 1.165) is 17.9 Å². The lowest BCUT2D eigenvalue weighted by Gasteiger charge is -2.16. The van der Waals surface area contributed by atoms with Gasteiger partial charge in [0.25, 0.3) is 0 Å². The molecule has 0 radical (unpaired) electrons. The standard InChI is InChI=1S/C14H19N5O2S/c1-15-22(20,21)13-4-6-18(10-13)9-12-2-3-14(17-8-12)19-7-5-16-11-19/h2-3,5,7-8,11,13,15H,4,6,9-10H2,1H3.